The lowest BCUT2D eigenvalue weighted by Gasteiger charge is -2.14. The minimum Gasteiger partial charge on any atom is -0.437 e. The Morgan fingerprint density at radius 2 is 1.76 bits per heavy atom. The van der Waals surface area contributed by atoms with Gasteiger partial charge in [-0.1, -0.05) is 60.7 Å². The number of ether oxygens (including phenoxy) is 1. The third-order valence-corrected chi connectivity index (χ3v) is 8.31. The van der Waals surface area contributed by atoms with Gasteiger partial charge in [-0.15, -0.1) is 6.42 Å². The molecule has 2 heterocycles. The highest BCUT2D eigenvalue weighted by molar-refractivity contribution is 6.45. The lowest BCUT2D eigenvalue weighted by Crippen LogP contribution is -2.31. The SMILES string of the molecule is C#Cc1cc(Nc2nccc(Oc3ccc(NC(=O)Nc4cc(C(C)C)nn4-c4ccc(C)cc4)c(Cl)c3Cl)n2)cc(C(=O)NCCN(C)C)c1. The van der Waals surface area contributed by atoms with Gasteiger partial charge in [0.2, 0.25) is 11.8 Å². The Morgan fingerprint density at radius 1 is 1.00 bits per heavy atom. The number of anilines is 4. The summed E-state index contributed by atoms with van der Waals surface area (Å²) in [7, 11) is 3.85. The number of carbonyl (C=O) groups excluding carboxylic acids is 2. The Kier molecular flexibility index (Phi) is 11.8. The molecule has 0 unspecified atom stereocenters. The fourth-order valence-electron chi connectivity index (χ4n) is 4.74. The molecule has 0 aliphatic heterocycles. The predicted octanol–water partition coefficient (Wildman–Crippen LogP) is 7.85. The van der Waals surface area contributed by atoms with E-state index in [1.165, 1.54) is 6.20 Å². The number of halogens is 2. The van der Waals surface area contributed by atoms with E-state index in [9.17, 15) is 9.59 Å². The molecule has 0 saturated carbocycles. The maximum Gasteiger partial charge on any atom is 0.324 e. The summed E-state index contributed by atoms with van der Waals surface area (Å²) in [6, 6.07) is 18.8. The van der Waals surface area contributed by atoms with E-state index in [0.29, 0.717) is 35.7 Å². The molecule has 0 radical (unpaired) electrons. The van der Waals surface area contributed by atoms with Crippen LogP contribution in [-0.2, 0) is 0 Å². The number of nitrogens with one attached hydrogen (secondary N) is 4. The molecule has 262 valence electrons. The second kappa shape index (κ2) is 16.4. The van der Waals surface area contributed by atoms with Gasteiger partial charge in [-0.2, -0.15) is 10.1 Å². The van der Waals surface area contributed by atoms with Crippen LogP contribution in [0.4, 0.5) is 27.9 Å². The van der Waals surface area contributed by atoms with Crippen LogP contribution in [0.3, 0.4) is 0 Å². The number of terminal acetylenes is 1. The fourth-order valence-corrected chi connectivity index (χ4v) is 5.15. The van der Waals surface area contributed by atoms with Gasteiger partial charge < -0.3 is 25.6 Å². The Morgan fingerprint density at radius 3 is 2.47 bits per heavy atom. The van der Waals surface area contributed by atoms with Gasteiger partial charge in [-0.05, 0) is 69.4 Å². The summed E-state index contributed by atoms with van der Waals surface area (Å²) < 4.78 is 7.63. The third-order valence-electron chi connectivity index (χ3n) is 7.44. The van der Waals surface area contributed by atoms with E-state index in [1.54, 1.807) is 41.1 Å². The quantitative estimate of drug-likeness (QED) is 0.0955. The number of aromatic nitrogens is 4. The van der Waals surface area contributed by atoms with Crippen LogP contribution in [0.2, 0.25) is 10.0 Å². The minimum atomic E-state index is -0.542. The van der Waals surface area contributed by atoms with Gasteiger partial charge in [0.25, 0.3) is 5.91 Å². The molecule has 0 aliphatic carbocycles. The summed E-state index contributed by atoms with van der Waals surface area (Å²) in [6.07, 6.45) is 7.14. The molecule has 51 heavy (non-hydrogen) atoms. The molecule has 3 amide bonds. The largest absolute Gasteiger partial charge is 0.437 e. The first-order valence-corrected chi connectivity index (χ1v) is 16.7. The maximum atomic E-state index is 13.1. The van der Waals surface area contributed by atoms with Crippen molar-refractivity contribution < 1.29 is 14.3 Å². The van der Waals surface area contributed by atoms with Crippen molar-refractivity contribution in [2.45, 2.75) is 26.7 Å². The Balaban J connectivity index is 1.27. The summed E-state index contributed by atoms with van der Waals surface area (Å²) in [5.74, 6) is 3.48. The molecule has 2 aromatic heterocycles. The highest BCUT2D eigenvalue weighted by Gasteiger charge is 2.18. The Bertz CT molecular complexity index is 2090. The summed E-state index contributed by atoms with van der Waals surface area (Å²) in [4.78, 5) is 36.5. The van der Waals surface area contributed by atoms with Crippen LogP contribution >= 0.6 is 23.2 Å². The van der Waals surface area contributed by atoms with Gasteiger partial charge in [0.15, 0.2) is 0 Å². The molecule has 0 aliphatic rings. The van der Waals surface area contributed by atoms with Gasteiger partial charge in [0.05, 0.1) is 22.1 Å². The van der Waals surface area contributed by atoms with Crippen LogP contribution < -0.4 is 26.0 Å². The first-order chi connectivity index (χ1) is 24.4. The van der Waals surface area contributed by atoms with E-state index in [4.69, 9.17) is 34.4 Å². The van der Waals surface area contributed by atoms with E-state index in [-0.39, 0.29) is 45.1 Å². The normalized spacial score (nSPS) is 10.9. The number of likely N-dealkylation sites (N-methyl/N-ethyl adjacent to an activating group) is 1. The highest BCUT2D eigenvalue weighted by Crippen LogP contribution is 2.39. The molecule has 12 nitrogen and oxygen atoms in total. The zero-order valence-corrected chi connectivity index (χ0v) is 30.2. The molecule has 0 bridgehead atoms. The van der Waals surface area contributed by atoms with Crippen molar-refractivity contribution in [1.29, 1.82) is 0 Å². The van der Waals surface area contributed by atoms with Crippen molar-refractivity contribution in [3.8, 4) is 29.7 Å². The van der Waals surface area contributed by atoms with Crippen molar-refractivity contribution in [3.63, 3.8) is 0 Å². The number of hydrogen-bond donors (Lipinski definition) is 4. The second-order valence-corrected chi connectivity index (χ2v) is 12.9. The van der Waals surface area contributed by atoms with E-state index in [1.807, 2.05) is 70.1 Å². The van der Waals surface area contributed by atoms with Crippen LogP contribution in [0.15, 0.2) is 72.9 Å². The summed E-state index contributed by atoms with van der Waals surface area (Å²) >= 11 is 13.2. The zero-order chi connectivity index (χ0) is 36.7. The molecule has 0 atom stereocenters. The number of rotatable bonds is 12. The van der Waals surface area contributed by atoms with E-state index >= 15 is 0 Å². The third kappa shape index (κ3) is 9.55. The lowest BCUT2D eigenvalue weighted by molar-refractivity contribution is 0.0951. The predicted molar refractivity (Wildman–Crippen MR) is 202 cm³/mol. The van der Waals surface area contributed by atoms with E-state index in [0.717, 1.165) is 16.9 Å². The second-order valence-electron chi connectivity index (χ2n) is 12.1. The summed E-state index contributed by atoms with van der Waals surface area (Å²) in [6.45, 7) is 7.23. The van der Waals surface area contributed by atoms with E-state index in [2.05, 4.69) is 42.3 Å². The number of nitrogens with zero attached hydrogens (tertiary/aromatic N) is 5. The van der Waals surface area contributed by atoms with Gasteiger partial charge >= 0.3 is 6.03 Å². The Labute approximate surface area is 306 Å². The van der Waals surface area contributed by atoms with Crippen LogP contribution in [0.25, 0.3) is 5.69 Å². The van der Waals surface area contributed by atoms with Crippen LogP contribution in [0.1, 0.15) is 46.9 Å². The molecular weight excluding hydrogens is 689 g/mol. The molecule has 0 spiro atoms. The molecule has 14 heteroatoms. The van der Waals surface area contributed by atoms with Gasteiger partial charge in [-0.25, -0.2) is 14.5 Å². The molecular formula is C37H37Cl2N9O3. The van der Waals surface area contributed by atoms with E-state index < -0.39 is 6.03 Å². The number of benzene rings is 3. The number of urea groups is 1. The van der Waals surface area contributed by atoms with Gasteiger partial charge in [0.1, 0.15) is 16.6 Å². The standard InChI is InChI=1S/C37H37Cl2N9O3/c1-7-24-18-25(35(49)40-16-17-47(5)6)20-26(19-24)42-36-41-15-14-32(45-36)51-30-13-12-28(33(38)34(30)39)43-37(50)44-31-21-29(22(2)3)46-48(31)27-10-8-23(4)9-11-27/h1,8-15,18-22H,16-17H2,2-6H3,(H,40,49)(H,41,42,45)(H2,43,44,50). The molecule has 0 saturated heterocycles. The van der Waals surface area contributed by atoms with Crippen LogP contribution in [-0.4, -0.2) is 63.8 Å². The van der Waals surface area contributed by atoms with Crippen LogP contribution in [0, 0.1) is 19.3 Å². The average Bonchev–Trinajstić information content (AvgIpc) is 3.52. The zero-order valence-electron chi connectivity index (χ0n) is 28.7. The Hall–Kier alpha value is -5.61. The first kappa shape index (κ1) is 36.7. The topological polar surface area (TPSA) is 138 Å². The maximum absolute atomic E-state index is 13.1. The molecule has 3 aromatic carbocycles. The smallest absolute Gasteiger partial charge is 0.324 e. The van der Waals surface area contributed by atoms with Crippen LogP contribution in [0.5, 0.6) is 11.6 Å². The lowest BCUT2D eigenvalue weighted by atomic mass is 10.1. The minimum absolute atomic E-state index is 0.0565. The van der Waals surface area contributed by atoms with Crippen molar-refractivity contribution in [3.05, 3.63) is 105 Å². The van der Waals surface area contributed by atoms with Crippen molar-refractivity contribution in [2.75, 3.05) is 43.1 Å². The first-order valence-electron chi connectivity index (χ1n) is 16.0. The number of carbonyl (C=O) groups is 2. The number of hydrogen-bond acceptors (Lipinski definition) is 8. The monoisotopic (exact) mass is 725 g/mol. The van der Waals surface area contributed by atoms with Crippen molar-refractivity contribution in [1.82, 2.24) is 30.0 Å². The molecule has 5 rings (SSSR count). The molecule has 0 fully saturated rings. The summed E-state index contributed by atoms with van der Waals surface area (Å²) in [5.41, 5.74) is 4.40. The number of aryl methyl sites for hydroxylation is 1. The van der Waals surface area contributed by atoms with Crippen molar-refractivity contribution >= 4 is 58.3 Å². The van der Waals surface area contributed by atoms with Gasteiger partial charge in [0, 0.05) is 48.2 Å². The molecule has 4 N–H and O–H groups in total. The van der Waals surface area contributed by atoms with Crippen molar-refractivity contribution in [2.24, 2.45) is 0 Å². The molecule has 5 aromatic rings. The number of amides is 3. The average molecular weight is 727 g/mol. The van der Waals surface area contributed by atoms with Gasteiger partial charge in [-0.3, -0.25) is 10.1 Å². The highest BCUT2D eigenvalue weighted by atomic mass is 35.5. The summed E-state index contributed by atoms with van der Waals surface area (Å²) in [5, 5.41) is 16.4. The fraction of sp³-hybridized carbons (Fsp3) is 0.216.